The van der Waals surface area contributed by atoms with Gasteiger partial charge < -0.3 is 9.73 Å². The van der Waals surface area contributed by atoms with Crippen LogP contribution in [0.5, 0.6) is 0 Å². The predicted molar refractivity (Wildman–Crippen MR) is 101 cm³/mol. The van der Waals surface area contributed by atoms with Crippen molar-refractivity contribution in [2.75, 3.05) is 5.32 Å². The lowest BCUT2D eigenvalue weighted by molar-refractivity contribution is -0.115. The molecule has 0 atom stereocenters. The van der Waals surface area contributed by atoms with Crippen molar-refractivity contribution >= 4 is 34.4 Å². The van der Waals surface area contributed by atoms with Gasteiger partial charge >= 0.3 is 0 Å². The highest BCUT2D eigenvalue weighted by atomic mass is 35.5. The SMILES string of the molecule is O=C(Cc1ccc(Cl)cc1)Nc1cccc(-c2nc3ncccc3o2)c1. The molecule has 26 heavy (non-hydrogen) atoms. The van der Waals surface area contributed by atoms with Gasteiger partial charge in [-0.15, -0.1) is 0 Å². The minimum atomic E-state index is -0.108. The van der Waals surface area contributed by atoms with Crippen molar-refractivity contribution < 1.29 is 9.21 Å². The van der Waals surface area contributed by atoms with Gasteiger partial charge in [0.15, 0.2) is 11.2 Å². The van der Waals surface area contributed by atoms with Crippen LogP contribution in [0.3, 0.4) is 0 Å². The molecule has 6 heteroatoms. The lowest BCUT2D eigenvalue weighted by Crippen LogP contribution is -2.14. The molecule has 0 radical (unpaired) electrons. The number of anilines is 1. The summed E-state index contributed by atoms with van der Waals surface area (Å²) in [5.74, 6) is 0.358. The average Bonchev–Trinajstić information content (AvgIpc) is 3.08. The van der Waals surface area contributed by atoms with Crippen molar-refractivity contribution in [3.8, 4) is 11.5 Å². The van der Waals surface area contributed by atoms with E-state index in [0.29, 0.717) is 27.8 Å². The van der Waals surface area contributed by atoms with Crippen molar-refractivity contribution in [1.29, 1.82) is 0 Å². The van der Waals surface area contributed by atoms with Gasteiger partial charge in [0.2, 0.25) is 11.8 Å². The van der Waals surface area contributed by atoms with Crippen molar-refractivity contribution in [2.45, 2.75) is 6.42 Å². The van der Waals surface area contributed by atoms with Gasteiger partial charge in [-0.2, -0.15) is 4.98 Å². The van der Waals surface area contributed by atoms with E-state index in [0.717, 1.165) is 11.1 Å². The van der Waals surface area contributed by atoms with E-state index in [1.807, 2.05) is 42.5 Å². The average molecular weight is 364 g/mol. The number of carbonyl (C=O) groups is 1. The predicted octanol–water partition coefficient (Wildman–Crippen LogP) is 4.72. The van der Waals surface area contributed by atoms with Crippen LogP contribution in [0.4, 0.5) is 5.69 Å². The Morgan fingerprint density at radius 3 is 2.73 bits per heavy atom. The number of hydrogen-bond acceptors (Lipinski definition) is 4. The van der Waals surface area contributed by atoms with Gasteiger partial charge in [-0.25, -0.2) is 4.98 Å². The Hall–Kier alpha value is -3.18. The molecule has 4 rings (SSSR count). The molecule has 0 unspecified atom stereocenters. The second kappa shape index (κ2) is 6.98. The number of halogens is 1. The highest BCUT2D eigenvalue weighted by molar-refractivity contribution is 6.30. The highest BCUT2D eigenvalue weighted by Gasteiger charge is 2.10. The fourth-order valence-electron chi connectivity index (χ4n) is 2.62. The van der Waals surface area contributed by atoms with Crippen LogP contribution < -0.4 is 5.32 Å². The van der Waals surface area contributed by atoms with E-state index in [2.05, 4.69) is 15.3 Å². The van der Waals surface area contributed by atoms with E-state index in [4.69, 9.17) is 16.0 Å². The first-order valence-corrected chi connectivity index (χ1v) is 8.41. The Labute approximate surface area is 154 Å². The van der Waals surface area contributed by atoms with Gasteiger partial charge in [0, 0.05) is 22.5 Å². The fourth-order valence-corrected chi connectivity index (χ4v) is 2.74. The zero-order chi connectivity index (χ0) is 17.9. The summed E-state index contributed by atoms with van der Waals surface area (Å²) in [5.41, 5.74) is 3.52. The summed E-state index contributed by atoms with van der Waals surface area (Å²) in [7, 11) is 0. The van der Waals surface area contributed by atoms with Gasteiger partial charge in [0.1, 0.15) is 0 Å². The Bertz CT molecular complexity index is 1040. The molecule has 1 N–H and O–H groups in total. The summed E-state index contributed by atoms with van der Waals surface area (Å²) < 4.78 is 5.72. The van der Waals surface area contributed by atoms with Crippen LogP contribution in [-0.2, 0) is 11.2 Å². The summed E-state index contributed by atoms with van der Waals surface area (Å²) in [6.45, 7) is 0. The maximum Gasteiger partial charge on any atom is 0.228 e. The normalized spacial score (nSPS) is 10.8. The first kappa shape index (κ1) is 16.3. The van der Waals surface area contributed by atoms with Crippen LogP contribution in [0.1, 0.15) is 5.56 Å². The second-order valence-electron chi connectivity index (χ2n) is 5.78. The molecule has 0 bridgehead atoms. The van der Waals surface area contributed by atoms with Crippen molar-refractivity contribution in [3.05, 3.63) is 77.4 Å². The van der Waals surface area contributed by atoms with E-state index in [9.17, 15) is 4.79 Å². The summed E-state index contributed by atoms with van der Waals surface area (Å²) in [6.07, 6.45) is 1.94. The Kier molecular flexibility index (Phi) is 4.37. The highest BCUT2D eigenvalue weighted by Crippen LogP contribution is 2.25. The molecule has 2 aromatic carbocycles. The molecular weight excluding hydrogens is 350 g/mol. The molecule has 0 aliphatic carbocycles. The number of oxazole rings is 1. The number of rotatable bonds is 4. The third-order valence-corrected chi connectivity index (χ3v) is 4.09. The number of benzene rings is 2. The standard InChI is InChI=1S/C20H14ClN3O2/c21-15-8-6-13(7-9-15)11-18(25)23-16-4-1-3-14(12-16)20-24-19-17(26-20)5-2-10-22-19/h1-10,12H,11H2,(H,23,25). The van der Waals surface area contributed by atoms with Crippen LogP contribution in [0.15, 0.2) is 71.3 Å². The molecule has 2 aromatic heterocycles. The van der Waals surface area contributed by atoms with Gasteiger partial charge in [0.05, 0.1) is 6.42 Å². The topological polar surface area (TPSA) is 68.0 Å². The molecule has 0 fully saturated rings. The van der Waals surface area contributed by atoms with Crippen molar-refractivity contribution in [2.24, 2.45) is 0 Å². The Morgan fingerprint density at radius 1 is 1.08 bits per heavy atom. The fraction of sp³-hybridized carbons (Fsp3) is 0.0500. The minimum Gasteiger partial charge on any atom is -0.434 e. The molecule has 128 valence electrons. The molecule has 2 heterocycles. The molecule has 1 amide bonds. The summed E-state index contributed by atoms with van der Waals surface area (Å²) in [6, 6.07) is 18.2. The first-order valence-electron chi connectivity index (χ1n) is 8.04. The Balaban J connectivity index is 1.51. The molecule has 0 saturated heterocycles. The number of fused-ring (bicyclic) bond motifs is 1. The van der Waals surface area contributed by atoms with Crippen LogP contribution in [-0.4, -0.2) is 15.9 Å². The first-order chi connectivity index (χ1) is 12.7. The van der Waals surface area contributed by atoms with Crippen LogP contribution in [0.25, 0.3) is 22.7 Å². The lowest BCUT2D eigenvalue weighted by Gasteiger charge is -2.06. The minimum absolute atomic E-state index is 0.108. The number of pyridine rings is 1. The quantitative estimate of drug-likeness (QED) is 0.569. The van der Waals surface area contributed by atoms with Gasteiger partial charge in [-0.3, -0.25) is 4.79 Å². The monoisotopic (exact) mass is 363 g/mol. The molecule has 0 saturated carbocycles. The molecule has 4 aromatic rings. The molecular formula is C20H14ClN3O2. The van der Waals surface area contributed by atoms with Crippen LogP contribution >= 0.6 is 11.6 Å². The number of amides is 1. The van der Waals surface area contributed by atoms with Crippen LogP contribution in [0.2, 0.25) is 5.02 Å². The summed E-state index contributed by atoms with van der Waals surface area (Å²) in [4.78, 5) is 20.8. The van der Waals surface area contributed by atoms with Gasteiger partial charge in [0.25, 0.3) is 0 Å². The number of nitrogens with one attached hydrogen (secondary N) is 1. The van der Waals surface area contributed by atoms with Gasteiger partial charge in [-0.05, 0) is 48.0 Å². The van der Waals surface area contributed by atoms with Crippen molar-refractivity contribution in [1.82, 2.24) is 9.97 Å². The van der Waals surface area contributed by atoms with Crippen molar-refractivity contribution in [3.63, 3.8) is 0 Å². The Morgan fingerprint density at radius 2 is 1.92 bits per heavy atom. The molecule has 5 nitrogen and oxygen atoms in total. The third kappa shape index (κ3) is 3.58. The van der Waals surface area contributed by atoms with E-state index in [-0.39, 0.29) is 12.3 Å². The number of hydrogen-bond donors (Lipinski definition) is 1. The lowest BCUT2D eigenvalue weighted by atomic mass is 10.1. The molecule has 0 aliphatic rings. The number of carbonyl (C=O) groups excluding carboxylic acids is 1. The zero-order valence-electron chi connectivity index (χ0n) is 13.6. The van der Waals surface area contributed by atoms with E-state index in [1.54, 1.807) is 24.4 Å². The smallest absolute Gasteiger partial charge is 0.228 e. The molecule has 0 aliphatic heterocycles. The largest absolute Gasteiger partial charge is 0.434 e. The maximum absolute atomic E-state index is 12.3. The van der Waals surface area contributed by atoms with E-state index < -0.39 is 0 Å². The summed E-state index contributed by atoms with van der Waals surface area (Å²) >= 11 is 5.86. The second-order valence-corrected chi connectivity index (χ2v) is 6.21. The van der Waals surface area contributed by atoms with E-state index in [1.165, 1.54) is 0 Å². The van der Waals surface area contributed by atoms with Crippen LogP contribution in [0, 0.1) is 0 Å². The van der Waals surface area contributed by atoms with E-state index >= 15 is 0 Å². The number of nitrogens with zero attached hydrogens (tertiary/aromatic N) is 2. The van der Waals surface area contributed by atoms with Gasteiger partial charge in [-0.1, -0.05) is 29.8 Å². The summed E-state index contributed by atoms with van der Waals surface area (Å²) in [5, 5.41) is 3.54. The third-order valence-electron chi connectivity index (χ3n) is 3.84. The number of aromatic nitrogens is 2. The molecule has 0 spiro atoms. The maximum atomic E-state index is 12.3. The zero-order valence-corrected chi connectivity index (χ0v) is 14.4.